The fourth-order valence-electron chi connectivity index (χ4n) is 6.58. The number of carbonyl (C=O) groups is 2. The van der Waals surface area contributed by atoms with E-state index >= 15 is 35.1 Å². The van der Waals surface area contributed by atoms with Gasteiger partial charge >= 0.3 is 5.97 Å². The predicted molar refractivity (Wildman–Crippen MR) is 178 cm³/mol. The monoisotopic (exact) mass is 935 g/mol. The molecule has 0 atom stereocenters. The van der Waals surface area contributed by atoms with Crippen LogP contribution < -0.4 is 26.4 Å². The summed E-state index contributed by atoms with van der Waals surface area (Å²) in [6.45, 7) is 0.276. The molecule has 0 saturated carbocycles. The number of ether oxygens (including phenoxy) is 1. The molecule has 1 aromatic heterocycles. The summed E-state index contributed by atoms with van der Waals surface area (Å²) in [5, 5.41) is 0. The van der Waals surface area contributed by atoms with Crippen LogP contribution in [0.15, 0.2) is 54.9 Å². The van der Waals surface area contributed by atoms with Crippen LogP contribution in [0.1, 0.15) is 20.7 Å². The molecule has 0 bridgehead atoms. The predicted octanol–water partition coefficient (Wildman–Crippen LogP) is 7.49. The van der Waals surface area contributed by atoms with E-state index < -0.39 is 150 Å². The normalized spacial score (nSPS) is 11.4. The molecule has 0 saturated heterocycles. The second kappa shape index (κ2) is 18.0. The number of nitrogens with zero attached hydrogens (tertiary/aromatic N) is 1. The Morgan fingerprint density at radius 2 is 0.625 bits per heavy atom. The Hall–Kier alpha value is -6.95. The molecule has 0 amide bonds. The summed E-state index contributed by atoms with van der Waals surface area (Å²) < 4.78 is 300. The van der Waals surface area contributed by atoms with Crippen molar-refractivity contribution in [1.29, 1.82) is 0 Å². The third kappa shape index (κ3) is 7.65. The van der Waals surface area contributed by atoms with Crippen LogP contribution in [0.2, 0.25) is 0 Å². The van der Waals surface area contributed by atoms with Gasteiger partial charge < -0.3 is 4.74 Å². The lowest BCUT2D eigenvalue weighted by Crippen LogP contribution is -2.81. The molecule has 4 nitrogen and oxygen atoms in total. The molecule has 6 aromatic rings. The van der Waals surface area contributed by atoms with Crippen LogP contribution in [0.5, 0.6) is 0 Å². The number of halogens is 20. The molecule has 64 heavy (non-hydrogen) atoms. The zero-order chi connectivity index (χ0) is 48.0. The molecular weight excluding hydrogens is 921 g/mol. The smallest absolute Gasteiger partial charge is 0.337 e. The zero-order valence-corrected chi connectivity index (χ0v) is 30.7. The van der Waals surface area contributed by atoms with Gasteiger partial charge in [-0.05, 0) is 12.1 Å². The second-order valence-corrected chi connectivity index (χ2v) is 12.8. The first-order valence-electron chi connectivity index (χ1n) is 16.8. The molecule has 1 heterocycles. The number of methoxy groups -OCH3 is 1. The topological polar surface area (TPSA) is 47.3 Å². The van der Waals surface area contributed by atoms with Gasteiger partial charge in [-0.25, -0.2) is 92.6 Å². The molecule has 0 aliphatic carbocycles. The van der Waals surface area contributed by atoms with Crippen molar-refractivity contribution in [3.05, 3.63) is 182 Å². The number of carbonyl (C=O) groups excluding carboxylic acids is 2. The van der Waals surface area contributed by atoms with Gasteiger partial charge in [-0.1, -0.05) is 18.2 Å². The molecule has 6 rings (SSSR count). The zero-order valence-electron chi connectivity index (χ0n) is 30.7. The minimum Gasteiger partial charge on any atom is -0.465 e. The highest BCUT2D eigenvalue weighted by atomic mass is 19.2. The quantitative estimate of drug-likeness (QED) is 0.0303. The molecule has 0 unspecified atom stereocenters. The fraction of sp³-hybridized carbons (Fsp3) is 0.0513. The third-order valence-electron chi connectivity index (χ3n) is 9.44. The number of hydrogen-bond acceptors (Lipinski definition) is 3. The minimum atomic E-state index is -7.22. The lowest BCUT2D eigenvalue weighted by atomic mass is 9.12. The summed E-state index contributed by atoms with van der Waals surface area (Å²) in [4.78, 5) is 23.3. The number of esters is 1. The number of pyridine rings is 1. The maximum Gasteiger partial charge on any atom is 0.337 e. The second-order valence-electron chi connectivity index (χ2n) is 12.8. The number of ketones is 1. The lowest BCUT2D eigenvalue weighted by Gasteiger charge is -2.44. The largest absolute Gasteiger partial charge is 0.465 e. The maximum atomic E-state index is 15.4. The van der Waals surface area contributed by atoms with Crippen molar-refractivity contribution >= 4 is 39.7 Å². The van der Waals surface area contributed by atoms with E-state index in [9.17, 15) is 62.3 Å². The van der Waals surface area contributed by atoms with Crippen molar-refractivity contribution in [2.75, 3.05) is 7.11 Å². The summed E-state index contributed by atoms with van der Waals surface area (Å²) in [6, 6.07) is 12.1. The van der Waals surface area contributed by atoms with Crippen LogP contribution in [0, 0.1) is 116 Å². The molecule has 25 heteroatoms. The van der Waals surface area contributed by atoms with E-state index in [2.05, 4.69) is 4.74 Å². The van der Waals surface area contributed by atoms with Crippen LogP contribution >= 0.6 is 0 Å². The van der Waals surface area contributed by atoms with E-state index in [-0.39, 0.29) is 12.3 Å². The highest BCUT2D eigenvalue weighted by molar-refractivity contribution is 7.20. The third-order valence-corrected chi connectivity index (χ3v) is 9.44. The van der Waals surface area contributed by atoms with Crippen molar-refractivity contribution in [3.63, 3.8) is 0 Å². The Morgan fingerprint density at radius 3 is 0.875 bits per heavy atom. The summed E-state index contributed by atoms with van der Waals surface area (Å²) in [7, 11) is 1.33. The first kappa shape index (κ1) is 48.1. The summed E-state index contributed by atoms with van der Waals surface area (Å²) in [5.74, 6) is -71.8. The number of aromatic nitrogens is 1. The van der Waals surface area contributed by atoms with Crippen LogP contribution in [-0.2, 0) is 11.3 Å². The van der Waals surface area contributed by atoms with Crippen molar-refractivity contribution in [2.24, 2.45) is 0 Å². The van der Waals surface area contributed by atoms with Crippen LogP contribution in [0.4, 0.5) is 87.8 Å². The highest BCUT2D eigenvalue weighted by Gasteiger charge is 2.52. The first-order chi connectivity index (χ1) is 29.9. The van der Waals surface area contributed by atoms with E-state index in [0.717, 1.165) is 0 Å². The Labute approximate surface area is 342 Å². The van der Waals surface area contributed by atoms with Crippen LogP contribution in [-0.4, -0.2) is 25.0 Å². The molecular formula is C39H14BF20NO3. The maximum absolute atomic E-state index is 15.4. The standard InChI is InChI=1S/C24BF20.C15H14NO3/c26-5-1(6(27)14(35)21(42)13(5)34)25(2-7(28)15(36)22(43)16(37)8(2)29,3-9(30)17(38)23(44)18(39)10(3)31)4-11(32)19(40)24(45)20(41)12(4)33;1-19-15(18)13-7-5-12(6-8-13)14(17)11-16-9-3-2-4-10-16/h;2-10H,11H2,1H3/q-1;+1. The Kier molecular flexibility index (Phi) is 13.6. The Bertz CT molecular complexity index is 2500. The summed E-state index contributed by atoms with van der Waals surface area (Å²) in [6.07, 6.45) is -3.55. The van der Waals surface area contributed by atoms with Gasteiger partial charge in [-0.15, -0.1) is 21.9 Å². The van der Waals surface area contributed by atoms with Crippen LogP contribution in [0.3, 0.4) is 0 Å². The lowest BCUT2D eigenvalue weighted by molar-refractivity contribution is -0.683. The van der Waals surface area contributed by atoms with Gasteiger partial charge in [-0.2, -0.15) is 4.57 Å². The van der Waals surface area contributed by atoms with E-state index in [4.69, 9.17) is 0 Å². The van der Waals surface area contributed by atoms with Gasteiger partial charge in [0.1, 0.15) is 52.7 Å². The van der Waals surface area contributed by atoms with Gasteiger partial charge in [0.15, 0.2) is 82.2 Å². The molecule has 0 fully saturated rings. The molecule has 0 aliphatic rings. The molecule has 0 radical (unpaired) electrons. The molecule has 0 aliphatic heterocycles. The van der Waals surface area contributed by atoms with Crippen molar-refractivity contribution in [3.8, 4) is 0 Å². The van der Waals surface area contributed by atoms with E-state index in [1.54, 1.807) is 28.8 Å². The summed E-state index contributed by atoms with van der Waals surface area (Å²) >= 11 is 0. The van der Waals surface area contributed by atoms with Gasteiger partial charge in [0.25, 0.3) is 0 Å². The first-order valence-corrected chi connectivity index (χ1v) is 16.8. The van der Waals surface area contributed by atoms with Crippen LogP contribution in [0.25, 0.3) is 0 Å². The van der Waals surface area contributed by atoms with Gasteiger partial charge in [0.05, 0.1) is 12.7 Å². The van der Waals surface area contributed by atoms with Crippen molar-refractivity contribution in [1.82, 2.24) is 0 Å². The number of rotatable bonds is 8. The molecule has 0 N–H and O–H groups in total. The molecule has 336 valence electrons. The highest BCUT2D eigenvalue weighted by Crippen LogP contribution is 2.30. The number of hydrogen-bond donors (Lipinski definition) is 0. The Morgan fingerprint density at radius 1 is 0.391 bits per heavy atom. The van der Waals surface area contributed by atoms with E-state index in [0.29, 0.717) is 11.1 Å². The number of benzene rings is 5. The SMILES string of the molecule is COC(=O)c1ccc(C(=O)C[n+]2ccccc2)cc1.Fc1c(F)c(F)c([B-](c2c(F)c(F)c(F)c(F)c2F)(c2c(F)c(F)c(F)c(F)c2F)c2c(F)c(F)c(F)c(F)c2F)c(F)c1F. The summed E-state index contributed by atoms with van der Waals surface area (Å²) in [5.41, 5.74) is -13.3. The average Bonchev–Trinajstić information content (AvgIpc) is 3.29. The van der Waals surface area contributed by atoms with Gasteiger partial charge in [-0.3, -0.25) is 4.79 Å². The number of Topliss-reactive ketones (excluding diaryl/α,β-unsaturated/α-hetero) is 1. The minimum absolute atomic E-state index is 0.00684. The van der Waals surface area contributed by atoms with Gasteiger partial charge in [0.2, 0.25) is 12.3 Å². The average molecular weight is 935 g/mol. The molecule has 0 spiro atoms. The van der Waals surface area contributed by atoms with E-state index in [1.165, 1.54) is 7.11 Å². The van der Waals surface area contributed by atoms with Gasteiger partial charge in [0, 0.05) is 17.7 Å². The van der Waals surface area contributed by atoms with E-state index in [1.807, 2.05) is 30.6 Å². The Balaban J connectivity index is 0.000000337. The molecule has 5 aromatic carbocycles. The van der Waals surface area contributed by atoms with Crippen molar-refractivity contribution in [2.45, 2.75) is 6.54 Å². The van der Waals surface area contributed by atoms with Crippen molar-refractivity contribution < 1.29 is 107 Å². The fourth-order valence-corrected chi connectivity index (χ4v) is 6.58.